The lowest BCUT2D eigenvalue weighted by Crippen LogP contribution is -2.57. The van der Waals surface area contributed by atoms with Crippen LogP contribution in [0, 0.1) is 12.3 Å². The maximum Gasteiger partial charge on any atom is 0.246 e. The molecule has 0 spiro atoms. The summed E-state index contributed by atoms with van der Waals surface area (Å²) >= 11 is 1.57. The third kappa shape index (κ3) is 15.1. The molecule has 1 saturated heterocycles. The Morgan fingerprint density at radius 3 is 2.02 bits per heavy atom. The fraction of sp³-hybridized carbons (Fsp3) is 0.639. The van der Waals surface area contributed by atoms with Gasteiger partial charge in [0.15, 0.2) is 5.78 Å². The number of amides is 3. The first-order valence-electron chi connectivity index (χ1n) is 17.3. The van der Waals surface area contributed by atoms with E-state index in [0.29, 0.717) is 46.2 Å². The number of carbonyl (C=O) groups excluding carboxylic acids is 4. The number of ether oxygens (including phenoxy) is 5. The third-order valence-electron chi connectivity index (χ3n) is 7.98. The lowest BCUT2D eigenvalue weighted by molar-refractivity contribution is -0.144. The number of hydrogen-bond acceptors (Lipinski definition) is 12. The Balaban J connectivity index is 1.34. The molecule has 1 aliphatic heterocycles. The van der Waals surface area contributed by atoms with Crippen LogP contribution in [-0.4, -0.2) is 129 Å². The van der Waals surface area contributed by atoms with Gasteiger partial charge >= 0.3 is 0 Å². The van der Waals surface area contributed by atoms with Gasteiger partial charge in [-0.3, -0.25) is 19.2 Å². The molecule has 15 heteroatoms. The molecule has 2 aromatic rings. The van der Waals surface area contributed by atoms with E-state index in [2.05, 4.69) is 15.6 Å². The first-order chi connectivity index (χ1) is 24.4. The van der Waals surface area contributed by atoms with E-state index < -0.39 is 29.5 Å². The maximum atomic E-state index is 13.8. The molecular formula is C36H54N4O10S. The molecule has 1 aromatic carbocycles. The summed E-state index contributed by atoms with van der Waals surface area (Å²) in [6.07, 6.45) is -0.700. The van der Waals surface area contributed by atoms with Crippen LogP contribution in [0.5, 0.6) is 0 Å². The predicted octanol–water partition coefficient (Wildman–Crippen LogP) is 2.29. The van der Waals surface area contributed by atoms with Crippen molar-refractivity contribution in [2.24, 2.45) is 5.41 Å². The van der Waals surface area contributed by atoms with E-state index in [0.717, 1.165) is 21.7 Å². The SMILES string of the molecule is CC(=O)COCCOCCOCCOCCOCCC(=O)N[C@H](C(=O)N1C[C@H](O)C[C@H]1C(=O)NCc1ccc(-c2scnc2C)cc1)C(C)(C)C. The predicted molar refractivity (Wildman–Crippen MR) is 191 cm³/mol. The summed E-state index contributed by atoms with van der Waals surface area (Å²) in [5.74, 6) is -1.16. The molecule has 284 valence electrons. The number of aliphatic hydroxyl groups excluding tert-OH is 1. The van der Waals surface area contributed by atoms with Crippen LogP contribution >= 0.6 is 11.3 Å². The number of β-amino-alcohol motifs (C(OH)–C–C–N with tert-alkyl or cyclic N) is 1. The van der Waals surface area contributed by atoms with E-state index in [1.54, 1.807) is 11.3 Å². The number of thiazole rings is 1. The normalized spacial score (nSPS) is 16.6. The van der Waals surface area contributed by atoms with Gasteiger partial charge in [0.05, 0.1) is 81.6 Å². The van der Waals surface area contributed by atoms with Crippen LogP contribution < -0.4 is 10.6 Å². The molecule has 1 fully saturated rings. The Bertz CT molecular complexity index is 1380. The molecule has 3 N–H and O–H groups in total. The van der Waals surface area contributed by atoms with Crippen molar-refractivity contribution in [3.63, 3.8) is 0 Å². The van der Waals surface area contributed by atoms with Gasteiger partial charge in [-0.1, -0.05) is 45.0 Å². The van der Waals surface area contributed by atoms with Crippen molar-refractivity contribution in [3.05, 3.63) is 41.0 Å². The summed E-state index contributed by atoms with van der Waals surface area (Å²) in [6.45, 7) is 12.4. The maximum absolute atomic E-state index is 13.8. The summed E-state index contributed by atoms with van der Waals surface area (Å²) in [5, 5.41) is 16.2. The van der Waals surface area contributed by atoms with Gasteiger partial charge in [0.2, 0.25) is 17.7 Å². The molecule has 0 aliphatic carbocycles. The number of benzene rings is 1. The van der Waals surface area contributed by atoms with Crippen LogP contribution in [0.15, 0.2) is 29.8 Å². The van der Waals surface area contributed by atoms with E-state index in [-0.39, 0.29) is 63.3 Å². The molecule has 14 nitrogen and oxygen atoms in total. The van der Waals surface area contributed by atoms with Gasteiger partial charge in [-0.2, -0.15) is 0 Å². The van der Waals surface area contributed by atoms with E-state index >= 15 is 0 Å². The van der Waals surface area contributed by atoms with Crippen molar-refractivity contribution < 1.29 is 48.0 Å². The standard InChI is InChI=1S/C36H54N4O10S/c1-25(41)23-50-19-18-49-17-16-48-15-14-47-13-12-46-11-10-31(43)39-33(36(3,4)5)35(45)40-22-29(42)20-30(40)34(44)37-21-27-6-8-28(9-7-27)32-26(2)38-24-51-32/h6-9,24,29-30,33,42H,10-23H2,1-5H3,(H,37,44)(H,39,43)/t29-,30+,33-/m1/s1. The van der Waals surface area contributed by atoms with Crippen LogP contribution in [0.1, 0.15) is 51.8 Å². The molecule has 0 bridgehead atoms. The van der Waals surface area contributed by atoms with E-state index in [1.807, 2.05) is 57.5 Å². The molecule has 3 atom stereocenters. The van der Waals surface area contributed by atoms with Gasteiger partial charge < -0.3 is 44.3 Å². The minimum Gasteiger partial charge on any atom is -0.391 e. The molecule has 1 aliphatic rings. The Morgan fingerprint density at radius 2 is 1.49 bits per heavy atom. The number of nitrogens with zero attached hydrogens (tertiary/aromatic N) is 2. The Labute approximate surface area is 304 Å². The van der Waals surface area contributed by atoms with Crippen molar-refractivity contribution in [3.8, 4) is 10.4 Å². The van der Waals surface area contributed by atoms with Gasteiger partial charge in [0.25, 0.3) is 0 Å². The lowest BCUT2D eigenvalue weighted by Gasteiger charge is -2.35. The van der Waals surface area contributed by atoms with Crippen molar-refractivity contribution in [2.45, 2.75) is 72.2 Å². The van der Waals surface area contributed by atoms with Gasteiger partial charge in [0, 0.05) is 25.9 Å². The second-order valence-electron chi connectivity index (χ2n) is 13.4. The highest BCUT2D eigenvalue weighted by Crippen LogP contribution is 2.28. The Kier molecular flexibility index (Phi) is 18.1. The first-order valence-corrected chi connectivity index (χ1v) is 18.2. The minimum absolute atomic E-state index is 0.00279. The highest BCUT2D eigenvalue weighted by molar-refractivity contribution is 7.13. The fourth-order valence-electron chi connectivity index (χ4n) is 5.27. The zero-order chi connectivity index (χ0) is 37.2. The van der Waals surface area contributed by atoms with Crippen LogP contribution in [0.4, 0.5) is 0 Å². The number of aliphatic hydroxyl groups is 1. The summed E-state index contributed by atoms with van der Waals surface area (Å²) in [5.41, 5.74) is 4.07. The van der Waals surface area contributed by atoms with E-state index in [1.165, 1.54) is 11.8 Å². The van der Waals surface area contributed by atoms with Crippen molar-refractivity contribution in [1.29, 1.82) is 0 Å². The van der Waals surface area contributed by atoms with Crippen molar-refractivity contribution in [1.82, 2.24) is 20.5 Å². The number of aryl methyl sites for hydroxylation is 1. The number of aromatic nitrogens is 1. The van der Waals surface area contributed by atoms with Crippen LogP contribution in [-0.2, 0) is 49.4 Å². The Morgan fingerprint density at radius 1 is 0.922 bits per heavy atom. The molecule has 51 heavy (non-hydrogen) atoms. The number of Topliss-reactive ketones (excluding diaryl/α,β-unsaturated/α-hetero) is 1. The number of nitrogens with one attached hydrogen (secondary N) is 2. The highest BCUT2D eigenvalue weighted by atomic mass is 32.1. The van der Waals surface area contributed by atoms with Crippen LogP contribution in [0.3, 0.4) is 0 Å². The molecule has 0 unspecified atom stereocenters. The largest absolute Gasteiger partial charge is 0.391 e. The lowest BCUT2D eigenvalue weighted by atomic mass is 9.85. The van der Waals surface area contributed by atoms with Gasteiger partial charge in [-0.05, 0) is 30.4 Å². The quantitative estimate of drug-likeness (QED) is 0.143. The zero-order valence-corrected chi connectivity index (χ0v) is 31.3. The molecule has 0 radical (unpaired) electrons. The zero-order valence-electron chi connectivity index (χ0n) is 30.4. The summed E-state index contributed by atoms with van der Waals surface area (Å²) in [7, 11) is 0. The molecule has 3 rings (SSSR count). The first kappa shape index (κ1) is 42.1. The van der Waals surface area contributed by atoms with Crippen molar-refractivity contribution >= 4 is 34.8 Å². The van der Waals surface area contributed by atoms with E-state index in [4.69, 9.17) is 23.7 Å². The Hall–Kier alpha value is -3.31. The van der Waals surface area contributed by atoms with Crippen LogP contribution in [0.2, 0.25) is 0 Å². The number of hydrogen-bond donors (Lipinski definition) is 3. The van der Waals surface area contributed by atoms with Gasteiger partial charge in [-0.15, -0.1) is 11.3 Å². The fourth-order valence-corrected chi connectivity index (χ4v) is 6.09. The molecular weight excluding hydrogens is 680 g/mol. The topological polar surface area (TPSA) is 175 Å². The summed E-state index contributed by atoms with van der Waals surface area (Å²) in [6, 6.07) is 6.09. The second kappa shape index (κ2) is 21.9. The highest BCUT2D eigenvalue weighted by Gasteiger charge is 2.44. The van der Waals surface area contributed by atoms with Gasteiger partial charge in [-0.25, -0.2) is 4.98 Å². The average molecular weight is 735 g/mol. The van der Waals surface area contributed by atoms with Crippen LogP contribution in [0.25, 0.3) is 10.4 Å². The molecule has 3 amide bonds. The molecule has 2 heterocycles. The molecule has 1 aromatic heterocycles. The monoisotopic (exact) mass is 734 g/mol. The summed E-state index contributed by atoms with van der Waals surface area (Å²) < 4.78 is 26.9. The third-order valence-corrected chi connectivity index (χ3v) is 8.96. The number of likely N-dealkylation sites (tertiary alicyclic amines) is 1. The summed E-state index contributed by atoms with van der Waals surface area (Å²) in [4.78, 5) is 57.5. The minimum atomic E-state index is -0.915. The van der Waals surface area contributed by atoms with Gasteiger partial charge in [0.1, 0.15) is 18.7 Å². The number of carbonyl (C=O) groups is 4. The smallest absolute Gasteiger partial charge is 0.246 e. The van der Waals surface area contributed by atoms with Crippen molar-refractivity contribution in [2.75, 3.05) is 72.6 Å². The number of rotatable bonds is 23. The van der Waals surface area contributed by atoms with E-state index in [9.17, 15) is 24.3 Å². The second-order valence-corrected chi connectivity index (χ2v) is 14.3. The average Bonchev–Trinajstić information content (AvgIpc) is 3.70. The number of ketones is 1. The molecule has 0 saturated carbocycles.